The van der Waals surface area contributed by atoms with Crippen molar-refractivity contribution < 1.29 is 10.2 Å². The third-order valence-corrected chi connectivity index (χ3v) is 10.4. The number of rotatable bonds is 6. The van der Waals surface area contributed by atoms with Crippen LogP contribution in [0.3, 0.4) is 0 Å². The first-order valence-corrected chi connectivity index (χ1v) is 18.6. The van der Waals surface area contributed by atoms with Crippen molar-refractivity contribution in [3.05, 3.63) is 87.5 Å². The van der Waals surface area contributed by atoms with Gasteiger partial charge in [0.15, 0.2) is 0 Å². The summed E-state index contributed by atoms with van der Waals surface area (Å²) in [6.07, 6.45) is 0. The van der Waals surface area contributed by atoms with Gasteiger partial charge in [-0.3, -0.25) is 14.7 Å². The summed E-state index contributed by atoms with van der Waals surface area (Å²) in [6, 6.07) is 16.8. The molecule has 1 aliphatic rings. The molecule has 1 aliphatic heterocycles. The number of nitrogens with zero attached hydrogens (tertiary/aromatic N) is 3. The molecule has 3 aromatic carbocycles. The first-order chi connectivity index (χ1) is 22.5. The maximum Gasteiger partial charge on any atom is 0.0228 e. The van der Waals surface area contributed by atoms with Gasteiger partial charge in [-0.25, -0.2) is 0 Å². The van der Waals surface area contributed by atoms with Crippen molar-refractivity contribution in [2.45, 2.75) is 129 Å². The summed E-state index contributed by atoms with van der Waals surface area (Å²) in [5.74, 6) is 0.331. The highest BCUT2D eigenvalue weighted by Crippen LogP contribution is 2.38. The highest BCUT2D eigenvalue weighted by Gasteiger charge is 2.25. The van der Waals surface area contributed by atoms with Gasteiger partial charge in [0.2, 0.25) is 0 Å². The van der Waals surface area contributed by atoms with Gasteiger partial charge in [0.05, 0.1) is 0 Å². The van der Waals surface area contributed by atoms with Gasteiger partial charge in [-0.05, 0) is 55.0 Å². The van der Waals surface area contributed by atoms with Crippen molar-refractivity contribution in [2.24, 2.45) is 0 Å². The third-order valence-electron chi connectivity index (χ3n) is 10.0. The summed E-state index contributed by atoms with van der Waals surface area (Å²) in [5.41, 5.74) is 6.50. The molecule has 1 saturated heterocycles. The zero-order valence-electron chi connectivity index (χ0n) is 32.5. The second kappa shape index (κ2) is 14.9. The predicted octanol–water partition coefficient (Wildman–Crippen LogP) is 7.75. The molecule has 0 bridgehead atoms. The maximum atomic E-state index is 14.0. The normalized spacial score (nSPS) is 16.7. The van der Waals surface area contributed by atoms with Gasteiger partial charge in [-0.2, -0.15) is 4.90 Å². The van der Waals surface area contributed by atoms with Crippen LogP contribution in [-0.2, 0) is 53.9 Å². The molecule has 3 aromatic rings. The van der Waals surface area contributed by atoms with E-state index >= 15 is 0 Å². The van der Waals surface area contributed by atoms with Crippen LogP contribution in [0.25, 0.3) is 0 Å². The summed E-state index contributed by atoms with van der Waals surface area (Å²) in [7, 11) is 0. The molecular weight excluding hydrogens is 623 g/mol. The fourth-order valence-corrected chi connectivity index (χ4v) is 6.82. The third kappa shape index (κ3) is 10.2. The van der Waals surface area contributed by atoms with Crippen LogP contribution in [0.4, 0.5) is 0 Å². The largest absolute Gasteiger partial charge is 0.872 e. The molecule has 0 N–H and O–H groups in total. The predicted molar refractivity (Wildman–Crippen MR) is 204 cm³/mol. The lowest BCUT2D eigenvalue weighted by Gasteiger charge is -2.35. The molecule has 0 atom stereocenters. The van der Waals surface area contributed by atoms with E-state index in [2.05, 4.69) is 134 Å². The lowest BCUT2D eigenvalue weighted by Crippen LogP contribution is -2.36. The van der Waals surface area contributed by atoms with Gasteiger partial charge < -0.3 is 22.8 Å². The SMILES string of the molecule is CC(C)(C)c1cc(CN2CCN(Cc3ccccc3[S-])CCN(Cc3cc(C(C)(C)C)cc(C(C)(C)C)c3[O-])CC2)c([O-])c(C(C)(C)C)c1. The maximum absolute atomic E-state index is 14.0. The standard InChI is InChI=1S/C43H65N3O2S/c1-40(2,3)33-23-31(38(47)35(25-33)42(7,8)9)28-45-19-17-44(27-30-15-13-14-16-37(30)49)18-20-46(22-21-45)29-32-24-34(41(4,5)6)26-36(39(32)48)43(10,11)12/h13-16,23-26,47-49H,17-22,27-29H2,1-12H3/p-3. The minimum absolute atomic E-state index is 0.0645. The molecule has 1 heterocycles. The highest BCUT2D eigenvalue weighted by atomic mass is 32.1. The number of hydrogen-bond acceptors (Lipinski definition) is 6. The van der Waals surface area contributed by atoms with E-state index in [4.69, 9.17) is 12.6 Å². The van der Waals surface area contributed by atoms with Crippen molar-refractivity contribution in [2.75, 3.05) is 39.3 Å². The minimum atomic E-state index is -0.240. The summed E-state index contributed by atoms with van der Waals surface area (Å²) in [4.78, 5) is 8.28. The molecule has 0 radical (unpaired) electrons. The molecule has 0 unspecified atom stereocenters. The first-order valence-electron chi connectivity index (χ1n) is 18.2. The fraction of sp³-hybridized carbons (Fsp3) is 0.581. The molecule has 1 fully saturated rings. The van der Waals surface area contributed by atoms with E-state index in [0.29, 0.717) is 13.1 Å². The van der Waals surface area contributed by atoms with Crippen LogP contribution in [-0.4, -0.2) is 54.0 Å². The van der Waals surface area contributed by atoms with E-state index in [1.54, 1.807) is 0 Å². The number of hydrogen-bond donors (Lipinski definition) is 0. The van der Waals surface area contributed by atoms with Crippen molar-refractivity contribution in [1.82, 2.24) is 14.7 Å². The van der Waals surface area contributed by atoms with E-state index in [0.717, 1.165) is 73.0 Å². The van der Waals surface area contributed by atoms with Crippen LogP contribution in [0.1, 0.15) is 122 Å². The van der Waals surface area contributed by atoms with E-state index in [1.807, 2.05) is 12.1 Å². The van der Waals surface area contributed by atoms with Crippen molar-refractivity contribution >= 4 is 12.6 Å². The van der Waals surface area contributed by atoms with Gasteiger partial charge in [0, 0.05) is 58.9 Å². The van der Waals surface area contributed by atoms with Crippen LogP contribution >= 0.6 is 0 Å². The Morgan fingerprint density at radius 1 is 0.490 bits per heavy atom. The average Bonchev–Trinajstić information content (AvgIpc) is 3.05. The van der Waals surface area contributed by atoms with Crippen molar-refractivity contribution in [1.29, 1.82) is 0 Å². The van der Waals surface area contributed by atoms with Crippen LogP contribution in [0, 0.1) is 0 Å². The summed E-state index contributed by atoms with van der Waals surface area (Å²) >= 11 is 5.71. The average molecular weight is 685 g/mol. The molecule has 0 spiro atoms. The lowest BCUT2D eigenvalue weighted by molar-refractivity contribution is -0.272. The van der Waals surface area contributed by atoms with Crippen molar-refractivity contribution in [3.8, 4) is 11.5 Å². The Hall–Kier alpha value is -2.64. The fourth-order valence-electron chi connectivity index (χ4n) is 6.61. The Labute approximate surface area is 304 Å². The Balaban J connectivity index is 1.71. The zero-order valence-corrected chi connectivity index (χ0v) is 33.4. The monoisotopic (exact) mass is 684 g/mol. The van der Waals surface area contributed by atoms with Crippen LogP contribution in [0.2, 0.25) is 0 Å². The topological polar surface area (TPSA) is 55.8 Å². The lowest BCUT2D eigenvalue weighted by atomic mass is 9.79. The van der Waals surface area contributed by atoms with Gasteiger partial charge in [-0.15, -0.1) is 11.5 Å². The quantitative estimate of drug-likeness (QED) is 0.248. The Morgan fingerprint density at radius 3 is 1.12 bits per heavy atom. The van der Waals surface area contributed by atoms with E-state index < -0.39 is 0 Å². The highest BCUT2D eigenvalue weighted by molar-refractivity contribution is 7.58. The molecule has 6 heteroatoms. The van der Waals surface area contributed by atoms with E-state index in [9.17, 15) is 10.2 Å². The van der Waals surface area contributed by atoms with Crippen LogP contribution in [0.5, 0.6) is 11.5 Å². The van der Waals surface area contributed by atoms with Crippen molar-refractivity contribution in [3.63, 3.8) is 0 Å². The molecule has 0 aliphatic carbocycles. The zero-order chi connectivity index (χ0) is 36.5. The smallest absolute Gasteiger partial charge is 0.0228 e. The van der Waals surface area contributed by atoms with Gasteiger partial charge in [-0.1, -0.05) is 137 Å². The Bertz CT molecular complexity index is 1490. The number of benzene rings is 3. The second-order valence-corrected chi connectivity index (χ2v) is 18.9. The summed E-state index contributed by atoms with van der Waals surface area (Å²) < 4.78 is 0. The van der Waals surface area contributed by atoms with Gasteiger partial charge in [0.1, 0.15) is 0 Å². The second-order valence-electron chi connectivity index (χ2n) is 18.5. The summed E-state index contributed by atoms with van der Waals surface area (Å²) in [6.45, 7) is 33.2. The molecular formula is C43H62N3O2S-3. The first kappa shape index (κ1) is 39.2. The molecule has 0 saturated carbocycles. The van der Waals surface area contributed by atoms with Crippen LogP contribution < -0.4 is 10.2 Å². The molecule has 270 valence electrons. The van der Waals surface area contributed by atoms with Gasteiger partial charge >= 0.3 is 0 Å². The summed E-state index contributed by atoms with van der Waals surface area (Å²) in [5, 5.41) is 28.0. The minimum Gasteiger partial charge on any atom is -0.872 e. The van der Waals surface area contributed by atoms with E-state index in [-0.39, 0.29) is 33.2 Å². The Morgan fingerprint density at radius 2 is 0.816 bits per heavy atom. The molecule has 4 rings (SSSR count). The van der Waals surface area contributed by atoms with Crippen LogP contribution in [0.15, 0.2) is 53.4 Å². The van der Waals surface area contributed by atoms with E-state index in [1.165, 1.54) is 16.7 Å². The Kier molecular flexibility index (Phi) is 11.9. The molecule has 0 amide bonds. The molecule has 0 aromatic heterocycles. The molecule has 5 nitrogen and oxygen atoms in total. The molecule has 49 heavy (non-hydrogen) atoms. The van der Waals surface area contributed by atoms with Gasteiger partial charge in [0.25, 0.3) is 0 Å².